The van der Waals surface area contributed by atoms with Gasteiger partial charge in [0.25, 0.3) is 0 Å². The minimum atomic E-state index is 0.322. The maximum absolute atomic E-state index is 5.53. The molecule has 6 heteroatoms. The molecule has 0 atom stereocenters. The Morgan fingerprint density at radius 2 is 1.53 bits per heavy atom. The van der Waals surface area contributed by atoms with Gasteiger partial charge in [0.15, 0.2) is 17.3 Å². The first kappa shape index (κ1) is 19.1. The fraction of sp³-hybridized carbons (Fsp3) is 0.231. The second-order valence-electron chi connectivity index (χ2n) is 8.39. The van der Waals surface area contributed by atoms with Gasteiger partial charge in [-0.3, -0.25) is 0 Å². The van der Waals surface area contributed by atoms with Crippen molar-refractivity contribution in [2.45, 2.75) is 6.54 Å². The van der Waals surface area contributed by atoms with Gasteiger partial charge in [-0.05, 0) is 18.2 Å². The molecule has 4 aromatic rings. The van der Waals surface area contributed by atoms with Crippen molar-refractivity contribution in [3.8, 4) is 22.8 Å². The molecule has 1 fully saturated rings. The number of hydrogen-bond acceptors (Lipinski definition) is 5. The molecule has 6 rings (SSSR count). The smallest absolute Gasteiger partial charge is 0.231 e. The van der Waals surface area contributed by atoms with Crippen LogP contribution in [0.1, 0.15) is 5.56 Å². The zero-order valence-electron chi connectivity index (χ0n) is 17.8. The molecule has 0 saturated carbocycles. The molecule has 2 aliphatic rings. The Morgan fingerprint density at radius 1 is 0.781 bits per heavy atom. The number of anilines is 1. The van der Waals surface area contributed by atoms with E-state index in [4.69, 9.17) is 14.6 Å². The minimum Gasteiger partial charge on any atom is -0.454 e. The van der Waals surface area contributed by atoms with Gasteiger partial charge >= 0.3 is 0 Å². The Kier molecular flexibility index (Phi) is 4.85. The Morgan fingerprint density at radius 3 is 2.38 bits per heavy atom. The van der Waals surface area contributed by atoms with Crippen molar-refractivity contribution in [1.82, 2.24) is 10.2 Å². The maximum Gasteiger partial charge on any atom is 0.231 e. The highest BCUT2D eigenvalue weighted by Crippen LogP contribution is 2.33. The van der Waals surface area contributed by atoms with Crippen LogP contribution >= 0.6 is 0 Å². The zero-order chi connectivity index (χ0) is 21.3. The largest absolute Gasteiger partial charge is 0.454 e. The summed E-state index contributed by atoms with van der Waals surface area (Å²) in [6, 6.07) is 25.1. The lowest BCUT2D eigenvalue weighted by Gasteiger charge is -2.33. The number of hydrogen-bond donors (Lipinski definition) is 1. The first-order valence-corrected chi connectivity index (χ1v) is 11.1. The van der Waals surface area contributed by atoms with Crippen LogP contribution in [0.15, 0.2) is 72.8 Å². The molecule has 6 nitrogen and oxygen atoms in total. The average molecular weight is 426 g/mol. The van der Waals surface area contributed by atoms with Crippen LogP contribution in [0.3, 0.4) is 0 Å². The van der Waals surface area contributed by atoms with Crippen molar-refractivity contribution in [3.05, 3.63) is 78.4 Å². The topological polar surface area (TPSA) is 51.9 Å². The third-order valence-electron chi connectivity index (χ3n) is 6.38. The standard InChI is InChI=1S/C26H24N4O2/c1-2-6-20(7-3-1)25-21-8-4-5-9-22(21)26(28-27-25)30-14-12-29(13-15-30)17-19-10-11-23-24(16-19)32-18-31-23/h1-11,16H,12-15,17-18H2/p+1. The number of aromatic nitrogens is 2. The van der Waals surface area contributed by atoms with E-state index in [1.54, 1.807) is 4.90 Å². The molecule has 32 heavy (non-hydrogen) atoms. The molecule has 3 heterocycles. The van der Waals surface area contributed by atoms with Crippen LogP contribution in [-0.2, 0) is 6.54 Å². The van der Waals surface area contributed by atoms with E-state index >= 15 is 0 Å². The van der Waals surface area contributed by atoms with Gasteiger partial charge in [0.05, 0.1) is 26.2 Å². The zero-order valence-corrected chi connectivity index (χ0v) is 17.8. The highest BCUT2D eigenvalue weighted by Gasteiger charge is 2.24. The number of quaternary nitrogens is 1. The van der Waals surface area contributed by atoms with Gasteiger partial charge in [0, 0.05) is 21.9 Å². The molecule has 0 unspecified atom stereocenters. The van der Waals surface area contributed by atoms with E-state index in [9.17, 15) is 0 Å². The van der Waals surface area contributed by atoms with E-state index in [0.29, 0.717) is 6.79 Å². The van der Waals surface area contributed by atoms with E-state index in [0.717, 1.165) is 66.7 Å². The predicted molar refractivity (Wildman–Crippen MR) is 124 cm³/mol. The lowest BCUT2D eigenvalue weighted by atomic mass is 10.0. The molecule has 0 amide bonds. The van der Waals surface area contributed by atoms with Gasteiger partial charge in [0.1, 0.15) is 12.2 Å². The van der Waals surface area contributed by atoms with E-state index < -0.39 is 0 Å². The monoisotopic (exact) mass is 425 g/mol. The van der Waals surface area contributed by atoms with Crippen molar-refractivity contribution < 1.29 is 14.4 Å². The van der Waals surface area contributed by atoms with Gasteiger partial charge in [-0.1, -0.05) is 54.6 Å². The van der Waals surface area contributed by atoms with Crippen LogP contribution in [0.4, 0.5) is 5.82 Å². The Balaban J connectivity index is 1.21. The van der Waals surface area contributed by atoms with Gasteiger partial charge in [-0.2, -0.15) is 0 Å². The third-order valence-corrected chi connectivity index (χ3v) is 6.38. The minimum absolute atomic E-state index is 0.322. The summed E-state index contributed by atoms with van der Waals surface area (Å²) >= 11 is 0. The number of ether oxygens (including phenoxy) is 2. The van der Waals surface area contributed by atoms with Gasteiger partial charge in [-0.15, -0.1) is 10.2 Å². The summed E-state index contributed by atoms with van der Waals surface area (Å²) < 4.78 is 11.0. The van der Waals surface area contributed by atoms with Crippen LogP contribution in [-0.4, -0.2) is 43.2 Å². The highest BCUT2D eigenvalue weighted by atomic mass is 16.7. The Labute approximate surface area is 187 Å². The summed E-state index contributed by atoms with van der Waals surface area (Å²) in [5.74, 6) is 2.70. The summed E-state index contributed by atoms with van der Waals surface area (Å²) in [4.78, 5) is 3.95. The Hall–Kier alpha value is -3.64. The molecule has 0 aliphatic carbocycles. The van der Waals surface area contributed by atoms with Gasteiger partial charge < -0.3 is 19.3 Å². The predicted octanol–water partition coefficient (Wildman–Crippen LogP) is 2.93. The van der Waals surface area contributed by atoms with E-state index in [2.05, 4.69) is 58.5 Å². The summed E-state index contributed by atoms with van der Waals surface area (Å²) in [5, 5.41) is 11.7. The highest BCUT2D eigenvalue weighted by molar-refractivity contribution is 6.00. The van der Waals surface area contributed by atoms with E-state index in [1.165, 1.54) is 10.9 Å². The van der Waals surface area contributed by atoms with E-state index in [1.807, 2.05) is 24.3 Å². The first-order chi connectivity index (χ1) is 15.8. The van der Waals surface area contributed by atoms with Gasteiger partial charge in [0.2, 0.25) is 6.79 Å². The molecule has 0 bridgehead atoms. The van der Waals surface area contributed by atoms with Gasteiger partial charge in [-0.25, -0.2) is 0 Å². The molecule has 0 radical (unpaired) electrons. The summed E-state index contributed by atoms with van der Waals surface area (Å²) in [6.45, 7) is 5.36. The quantitative estimate of drug-likeness (QED) is 0.545. The van der Waals surface area contributed by atoms with Crippen molar-refractivity contribution in [3.63, 3.8) is 0 Å². The molecule has 0 spiro atoms. The summed E-state index contributed by atoms with van der Waals surface area (Å²) in [7, 11) is 0. The average Bonchev–Trinajstić information content (AvgIpc) is 3.32. The second kappa shape index (κ2) is 8.13. The number of fused-ring (bicyclic) bond motifs is 2. The van der Waals surface area contributed by atoms with Crippen molar-refractivity contribution >= 4 is 16.6 Å². The van der Waals surface area contributed by atoms with Crippen LogP contribution in [0.25, 0.3) is 22.0 Å². The fourth-order valence-corrected chi connectivity index (χ4v) is 4.68. The molecule has 1 N–H and O–H groups in total. The van der Waals surface area contributed by atoms with Crippen molar-refractivity contribution in [2.24, 2.45) is 0 Å². The molecule has 2 aliphatic heterocycles. The summed E-state index contributed by atoms with van der Waals surface area (Å²) in [5.41, 5.74) is 3.33. The third kappa shape index (κ3) is 3.52. The normalized spacial score (nSPS) is 15.9. The maximum atomic E-state index is 5.53. The number of nitrogens with one attached hydrogen (secondary N) is 1. The lowest BCUT2D eigenvalue weighted by molar-refractivity contribution is -0.914. The molecular formula is C26H25N4O2+. The van der Waals surface area contributed by atoms with Crippen LogP contribution in [0.2, 0.25) is 0 Å². The van der Waals surface area contributed by atoms with Crippen molar-refractivity contribution in [2.75, 3.05) is 37.9 Å². The number of benzene rings is 3. The van der Waals surface area contributed by atoms with E-state index in [-0.39, 0.29) is 0 Å². The fourth-order valence-electron chi connectivity index (χ4n) is 4.68. The number of nitrogens with zero attached hydrogens (tertiary/aromatic N) is 3. The molecule has 3 aromatic carbocycles. The molecular weight excluding hydrogens is 400 g/mol. The number of rotatable bonds is 4. The number of piperazine rings is 1. The Bertz CT molecular complexity index is 1250. The summed E-state index contributed by atoms with van der Waals surface area (Å²) in [6.07, 6.45) is 0. The second-order valence-corrected chi connectivity index (χ2v) is 8.39. The van der Waals surface area contributed by atoms with Crippen LogP contribution < -0.4 is 19.3 Å². The van der Waals surface area contributed by atoms with Crippen LogP contribution in [0, 0.1) is 0 Å². The van der Waals surface area contributed by atoms with Crippen LogP contribution in [0.5, 0.6) is 11.5 Å². The molecule has 160 valence electrons. The molecule has 1 aromatic heterocycles. The molecule has 1 saturated heterocycles. The first-order valence-electron chi connectivity index (χ1n) is 11.1. The SMILES string of the molecule is c1ccc(-c2nnc(N3CC[NH+](Cc4ccc5c(c4)OCO5)CC3)c3ccccc23)cc1. The lowest BCUT2D eigenvalue weighted by Crippen LogP contribution is -3.13. The van der Waals surface area contributed by atoms with Crippen molar-refractivity contribution in [1.29, 1.82) is 0 Å².